The number of nitrogens with one attached hydrogen (secondary N) is 1. The highest BCUT2D eigenvalue weighted by molar-refractivity contribution is 5.79. The lowest BCUT2D eigenvalue weighted by atomic mass is 9.94. The number of hydrogen-bond donors (Lipinski definition) is 2. The number of carboxylic acid groups (broad SMARTS) is 1. The van der Waals surface area contributed by atoms with E-state index in [0.717, 1.165) is 36.3 Å². The van der Waals surface area contributed by atoms with Crippen molar-refractivity contribution in [1.29, 1.82) is 0 Å². The third-order valence-electron chi connectivity index (χ3n) is 5.63. The summed E-state index contributed by atoms with van der Waals surface area (Å²) in [5, 5.41) is 12.5. The highest BCUT2D eigenvalue weighted by Crippen LogP contribution is 2.30. The maximum Gasteiger partial charge on any atom is 0.347 e. The molecule has 2 aromatic rings. The summed E-state index contributed by atoms with van der Waals surface area (Å²) in [6, 6.07) is 15.2. The molecular weight excluding hydrogens is 416 g/mol. The Kier molecular flexibility index (Phi) is 9.32. The summed E-state index contributed by atoms with van der Waals surface area (Å²) in [6.07, 6.45) is 1.09. The molecule has 6 nitrogen and oxygen atoms in total. The molecule has 0 aromatic heterocycles. The highest BCUT2D eigenvalue weighted by atomic mass is 16.5. The van der Waals surface area contributed by atoms with Crippen molar-refractivity contribution >= 4 is 17.6 Å². The van der Waals surface area contributed by atoms with Gasteiger partial charge in [0.1, 0.15) is 5.75 Å². The lowest BCUT2D eigenvalue weighted by Crippen LogP contribution is -2.37. The summed E-state index contributed by atoms with van der Waals surface area (Å²) in [6.45, 7) is 13.4. The van der Waals surface area contributed by atoms with Crippen molar-refractivity contribution in [2.45, 2.75) is 66.0 Å². The van der Waals surface area contributed by atoms with Crippen molar-refractivity contribution in [3.63, 3.8) is 0 Å². The van der Waals surface area contributed by atoms with E-state index in [4.69, 9.17) is 4.74 Å². The van der Waals surface area contributed by atoms with Crippen molar-refractivity contribution in [2.24, 2.45) is 5.92 Å². The van der Waals surface area contributed by atoms with Crippen LogP contribution in [0.5, 0.6) is 5.75 Å². The molecule has 0 saturated heterocycles. The van der Waals surface area contributed by atoms with Crippen LogP contribution in [0.15, 0.2) is 48.5 Å². The fraction of sp³-hybridized carbons (Fsp3) is 0.481. The Bertz CT molecular complexity index is 918. The fourth-order valence-corrected chi connectivity index (χ4v) is 3.81. The molecule has 0 radical (unpaired) electrons. The predicted octanol–water partition coefficient (Wildman–Crippen LogP) is 5.22. The van der Waals surface area contributed by atoms with Gasteiger partial charge < -0.3 is 20.1 Å². The first-order chi connectivity index (χ1) is 15.6. The number of aliphatic carboxylic acids is 1. The van der Waals surface area contributed by atoms with E-state index in [0.29, 0.717) is 11.7 Å². The molecule has 1 unspecified atom stereocenters. The molecule has 33 heavy (non-hydrogen) atoms. The second-order valence-electron chi connectivity index (χ2n) is 9.22. The molecule has 0 saturated carbocycles. The van der Waals surface area contributed by atoms with Crippen molar-refractivity contribution in [1.82, 2.24) is 5.32 Å². The molecule has 0 spiro atoms. The van der Waals surface area contributed by atoms with Gasteiger partial charge in [0.15, 0.2) is 5.60 Å². The quantitative estimate of drug-likeness (QED) is 0.460. The molecule has 0 aliphatic heterocycles. The van der Waals surface area contributed by atoms with Gasteiger partial charge >= 0.3 is 5.97 Å². The summed E-state index contributed by atoms with van der Waals surface area (Å²) in [4.78, 5) is 26.5. The third kappa shape index (κ3) is 7.52. The number of ether oxygens (including phenoxy) is 1. The van der Waals surface area contributed by atoms with E-state index >= 15 is 0 Å². The smallest absolute Gasteiger partial charge is 0.347 e. The number of para-hydroxylation sites is 1. The van der Waals surface area contributed by atoms with E-state index in [-0.39, 0.29) is 18.4 Å². The number of carboxylic acids is 1. The molecule has 2 aromatic carbocycles. The van der Waals surface area contributed by atoms with Gasteiger partial charge in [-0.25, -0.2) is 4.79 Å². The number of anilines is 1. The molecule has 1 atom stereocenters. The minimum atomic E-state index is -1.32. The second-order valence-corrected chi connectivity index (χ2v) is 9.22. The standard InChI is InChI=1S/C27H38N2O4/c1-7-29(8-2)24-12-10-9-11-22(24)23(17-19(3)4)28-25(30)18-20-13-15-21(16-14-20)33-27(5,6)26(31)32/h9-16,19,23H,7-8,17-18H2,1-6H3,(H,28,30)(H,31,32). The fourth-order valence-electron chi connectivity index (χ4n) is 3.81. The maximum absolute atomic E-state index is 13.0. The molecule has 1 amide bonds. The molecule has 6 heteroatoms. The molecule has 180 valence electrons. The van der Waals surface area contributed by atoms with Crippen LogP contribution >= 0.6 is 0 Å². The Morgan fingerprint density at radius 3 is 2.18 bits per heavy atom. The number of nitrogens with zero attached hydrogens (tertiary/aromatic N) is 1. The topological polar surface area (TPSA) is 78.9 Å². The first-order valence-corrected chi connectivity index (χ1v) is 11.7. The van der Waals surface area contributed by atoms with Crippen LogP contribution in [-0.2, 0) is 16.0 Å². The van der Waals surface area contributed by atoms with Crippen LogP contribution in [0.3, 0.4) is 0 Å². The lowest BCUT2D eigenvalue weighted by molar-refractivity contribution is -0.152. The van der Waals surface area contributed by atoms with Gasteiger partial charge in [-0.15, -0.1) is 0 Å². The maximum atomic E-state index is 13.0. The van der Waals surface area contributed by atoms with Crippen molar-refractivity contribution in [2.75, 3.05) is 18.0 Å². The largest absolute Gasteiger partial charge is 0.478 e. The van der Waals surface area contributed by atoms with Crippen LogP contribution in [0.25, 0.3) is 0 Å². The monoisotopic (exact) mass is 454 g/mol. The minimum absolute atomic E-state index is 0.0467. The Balaban J connectivity index is 2.15. The normalized spacial score (nSPS) is 12.3. The van der Waals surface area contributed by atoms with E-state index in [9.17, 15) is 14.7 Å². The zero-order valence-corrected chi connectivity index (χ0v) is 20.7. The van der Waals surface area contributed by atoms with E-state index in [1.807, 2.05) is 12.1 Å². The molecule has 2 N–H and O–H groups in total. The first-order valence-electron chi connectivity index (χ1n) is 11.7. The van der Waals surface area contributed by atoms with E-state index in [1.165, 1.54) is 13.8 Å². The summed E-state index contributed by atoms with van der Waals surface area (Å²) in [5.74, 6) is -0.201. The zero-order valence-electron chi connectivity index (χ0n) is 20.7. The summed E-state index contributed by atoms with van der Waals surface area (Å²) in [5.41, 5.74) is 1.83. The first kappa shape index (κ1) is 26.2. The zero-order chi connectivity index (χ0) is 24.6. The second kappa shape index (κ2) is 11.7. The number of rotatable bonds is 12. The molecule has 0 aliphatic rings. The SMILES string of the molecule is CCN(CC)c1ccccc1C(CC(C)C)NC(=O)Cc1ccc(OC(C)(C)C(=O)O)cc1. The molecule has 0 bridgehead atoms. The number of carbonyl (C=O) groups is 2. The number of carbonyl (C=O) groups excluding carboxylic acids is 1. The van der Waals surface area contributed by atoms with Gasteiger partial charge in [-0.2, -0.15) is 0 Å². The van der Waals surface area contributed by atoms with Gasteiger partial charge in [0.2, 0.25) is 5.91 Å². The molecule has 0 aliphatic carbocycles. The van der Waals surface area contributed by atoms with Crippen LogP contribution in [0.2, 0.25) is 0 Å². The lowest BCUT2D eigenvalue weighted by Gasteiger charge is -2.29. The van der Waals surface area contributed by atoms with Gasteiger partial charge in [0.05, 0.1) is 12.5 Å². The van der Waals surface area contributed by atoms with E-state index < -0.39 is 11.6 Å². The highest BCUT2D eigenvalue weighted by Gasteiger charge is 2.29. The van der Waals surface area contributed by atoms with Crippen LogP contribution < -0.4 is 15.0 Å². The van der Waals surface area contributed by atoms with Crippen LogP contribution in [0, 0.1) is 5.92 Å². The minimum Gasteiger partial charge on any atom is -0.478 e. The number of amides is 1. The summed E-state index contributed by atoms with van der Waals surface area (Å²) in [7, 11) is 0. The number of benzene rings is 2. The average Bonchev–Trinajstić information content (AvgIpc) is 2.75. The van der Waals surface area contributed by atoms with E-state index in [1.54, 1.807) is 24.3 Å². The average molecular weight is 455 g/mol. The number of hydrogen-bond acceptors (Lipinski definition) is 4. The molecule has 2 rings (SSSR count). The van der Waals surface area contributed by atoms with E-state index in [2.05, 4.69) is 50.0 Å². The van der Waals surface area contributed by atoms with Crippen LogP contribution in [-0.4, -0.2) is 35.7 Å². The van der Waals surface area contributed by atoms with Gasteiger partial charge in [-0.05, 0) is 69.4 Å². The van der Waals surface area contributed by atoms with Gasteiger partial charge in [0, 0.05) is 18.8 Å². The Hall–Kier alpha value is -3.02. The molecular formula is C27H38N2O4. The third-order valence-corrected chi connectivity index (χ3v) is 5.63. The molecule has 0 fully saturated rings. The Morgan fingerprint density at radius 1 is 1.03 bits per heavy atom. The summed E-state index contributed by atoms with van der Waals surface area (Å²) >= 11 is 0. The predicted molar refractivity (Wildman–Crippen MR) is 133 cm³/mol. The Labute approximate surface area is 198 Å². The van der Waals surface area contributed by atoms with Crippen LogP contribution in [0.1, 0.15) is 65.1 Å². The van der Waals surface area contributed by atoms with Crippen molar-refractivity contribution < 1.29 is 19.4 Å². The summed E-state index contributed by atoms with van der Waals surface area (Å²) < 4.78 is 5.54. The van der Waals surface area contributed by atoms with Crippen molar-refractivity contribution in [3.05, 3.63) is 59.7 Å². The van der Waals surface area contributed by atoms with Crippen molar-refractivity contribution in [3.8, 4) is 5.75 Å². The van der Waals surface area contributed by atoms with Crippen LogP contribution in [0.4, 0.5) is 5.69 Å². The Morgan fingerprint density at radius 2 is 1.64 bits per heavy atom. The molecule has 0 heterocycles. The van der Waals surface area contributed by atoms with Gasteiger partial charge in [-0.3, -0.25) is 4.79 Å². The van der Waals surface area contributed by atoms with Gasteiger partial charge in [0.25, 0.3) is 0 Å². The van der Waals surface area contributed by atoms with Gasteiger partial charge in [-0.1, -0.05) is 44.2 Å².